The maximum absolute atomic E-state index is 12.0. The molecule has 0 N–H and O–H groups in total. The minimum absolute atomic E-state index is 0.0191. The third-order valence-electron chi connectivity index (χ3n) is 3.62. The monoisotopic (exact) mass is 207 g/mol. The molecule has 1 aliphatic heterocycles. The van der Waals surface area contributed by atoms with Crippen LogP contribution in [0.5, 0.6) is 0 Å². The van der Waals surface area contributed by atoms with Gasteiger partial charge in [0.1, 0.15) is 6.61 Å². The zero-order valence-electron chi connectivity index (χ0n) is 8.39. The highest BCUT2D eigenvalue weighted by molar-refractivity contribution is 5.94. The van der Waals surface area contributed by atoms with Gasteiger partial charge in [-0.25, -0.2) is 9.69 Å². The summed E-state index contributed by atoms with van der Waals surface area (Å²) in [6.07, 6.45) is 5.84. The van der Waals surface area contributed by atoms with E-state index in [0.717, 1.165) is 12.8 Å². The SMILES string of the molecule is O=C1OCCN1C(=O)[C@@H]1CC2C=CC1C2. The zero-order chi connectivity index (χ0) is 10.4. The highest BCUT2D eigenvalue weighted by Crippen LogP contribution is 2.44. The van der Waals surface area contributed by atoms with Crippen LogP contribution in [0.15, 0.2) is 12.2 Å². The maximum Gasteiger partial charge on any atom is 0.416 e. The number of imide groups is 1. The fourth-order valence-electron chi connectivity index (χ4n) is 2.86. The van der Waals surface area contributed by atoms with Crippen molar-refractivity contribution in [3.63, 3.8) is 0 Å². The molecule has 2 fully saturated rings. The van der Waals surface area contributed by atoms with Gasteiger partial charge >= 0.3 is 6.09 Å². The topological polar surface area (TPSA) is 46.6 Å². The molecular formula is C11H13NO3. The van der Waals surface area contributed by atoms with Crippen LogP contribution >= 0.6 is 0 Å². The van der Waals surface area contributed by atoms with E-state index in [0.29, 0.717) is 25.0 Å². The molecule has 4 heteroatoms. The van der Waals surface area contributed by atoms with Gasteiger partial charge in [-0.3, -0.25) is 4.79 Å². The molecule has 0 spiro atoms. The number of carbonyl (C=O) groups excluding carboxylic acids is 2. The van der Waals surface area contributed by atoms with Crippen LogP contribution in [0.3, 0.4) is 0 Å². The quantitative estimate of drug-likeness (QED) is 0.606. The Balaban J connectivity index is 1.75. The summed E-state index contributed by atoms with van der Waals surface area (Å²) in [4.78, 5) is 24.5. The zero-order valence-corrected chi connectivity index (χ0v) is 8.39. The fraction of sp³-hybridized carbons (Fsp3) is 0.636. The molecule has 3 rings (SSSR count). The second-order valence-electron chi connectivity index (χ2n) is 4.49. The maximum atomic E-state index is 12.0. The van der Waals surface area contributed by atoms with E-state index in [4.69, 9.17) is 4.74 Å². The Hall–Kier alpha value is -1.32. The molecule has 0 aromatic heterocycles. The van der Waals surface area contributed by atoms with Crippen LogP contribution < -0.4 is 0 Å². The Kier molecular flexibility index (Phi) is 1.84. The average molecular weight is 207 g/mol. The van der Waals surface area contributed by atoms with Crippen LogP contribution in [0.1, 0.15) is 12.8 Å². The van der Waals surface area contributed by atoms with E-state index in [1.165, 1.54) is 4.90 Å². The highest BCUT2D eigenvalue weighted by Gasteiger charge is 2.43. The van der Waals surface area contributed by atoms with Crippen LogP contribution in [0.25, 0.3) is 0 Å². The normalized spacial score (nSPS) is 37.5. The van der Waals surface area contributed by atoms with Gasteiger partial charge in [0.05, 0.1) is 6.54 Å². The number of nitrogens with zero attached hydrogens (tertiary/aromatic N) is 1. The number of fused-ring (bicyclic) bond motifs is 2. The molecular weight excluding hydrogens is 194 g/mol. The number of cyclic esters (lactones) is 1. The highest BCUT2D eigenvalue weighted by atomic mass is 16.6. The first kappa shape index (κ1) is 8.95. The van der Waals surface area contributed by atoms with Crippen molar-refractivity contribution in [2.45, 2.75) is 12.8 Å². The predicted octanol–water partition coefficient (Wildman–Crippen LogP) is 1.18. The number of carbonyl (C=O) groups is 2. The Morgan fingerprint density at radius 1 is 1.40 bits per heavy atom. The lowest BCUT2D eigenvalue weighted by Crippen LogP contribution is -2.38. The first-order valence-corrected chi connectivity index (χ1v) is 5.42. The summed E-state index contributed by atoms with van der Waals surface area (Å²) in [7, 11) is 0. The summed E-state index contributed by atoms with van der Waals surface area (Å²) in [6.45, 7) is 0.774. The van der Waals surface area contributed by atoms with E-state index < -0.39 is 6.09 Å². The van der Waals surface area contributed by atoms with Crippen molar-refractivity contribution in [3.8, 4) is 0 Å². The number of hydrogen-bond acceptors (Lipinski definition) is 3. The molecule has 3 aliphatic rings. The predicted molar refractivity (Wildman–Crippen MR) is 51.9 cm³/mol. The van der Waals surface area contributed by atoms with E-state index in [1.54, 1.807) is 0 Å². The van der Waals surface area contributed by atoms with E-state index in [-0.39, 0.29) is 11.8 Å². The molecule has 0 radical (unpaired) electrons. The van der Waals surface area contributed by atoms with Crippen molar-refractivity contribution in [2.75, 3.05) is 13.2 Å². The minimum atomic E-state index is -0.466. The van der Waals surface area contributed by atoms with Gasteiger partial charge in [-0.15, -0.1) is 0 Å². The third-order valence-corrected chi connectivity index (χ3v) is 3.62. The Bertz CT molecular complexity index is 350. The summed E-state index contributed by atoms with van der Waals surface area (Å²) in [6, 6.07) is 0. The molecule has 15 heavy (non-hydrogen) atoms. The Labute approximate surface area is 87.9 Å². The molecule has 2 amide bonds. The molecule has 1 saturated heterocycles. The van der Waals surface area contributed by atoms with Gasteiger partial charge in [0.2, 0.25) is 5.91 Å². The largest absolute Gasteiger partial charge is 0.447 e. The van der Waals surface area contributed by atoms with Gasteiger partial charge in [0, 0.05) is 5.92 Å². The lowest BCUT2D eigenvalue weighted by Gasteiger charge is -2.20. The third kappa shape index (κ3) is 1.28. The molecule has 2 bridgehead atoms. The van der Waals surface area contributed by atoms with E-state index in [1.807, 2.05) is 0 Å². The van der Waals surface area contributed by atoms with Crippen LogP contribution in [0, 0.1) is 17.8 Å². The molecule has 0 aromatic carbocycles. The number of ether oxygens (including phenoxy) is 1. The summed E-state index contributed by atoms with van der Waals surface area (Å²) < 4.78 is 4.77. The summed E-state index contributed by atoms with van der Waals surface area (Å²) in [5.74, 6) is 0.901. The van der Waals surface area contributed by atoms with Gasteiger partial charge in [-0.05, 0) is 24.7 Å². The van der Waals surface area contributed by atoms with Crippen molar-refractivity contribution < 1.29 is 14.3 Å². The van der Waals surface area contributed by atoms with Crippen LogP contribution in [-0.4, -0.2) is 30.1 Å². The van der Waals surface area contributed by atoms with Gasteiger partial charge in [0.25, 0.3) is 0 Å². The van der Waals surface area contributed by atoms with Gasteiger partial charge < -0.3 is 4.74 Å². The van der Waals surface area contributed by atoms with Crippen LogP contribution in [0.4, 0.5) is 4.79 Å². The molecule has 2 unspecified atom stereocenters. The number of allylic oxidation sites excluding steroid dienone is 2. The van der Waals surface area contributed by atoms with Crippen molar-refractivity contribution >= 4 is 12.0 Å². The first-order chi connectivity index (χ1) is 7.25. The van der Waals surface area contributed by atoms with Crippen molar-refractivity contribution in [3.05, 3.63) is 12.2 Å². The average Bonchev–Trinajstić information content (AvgIpc) is 2.91. The van der Waals surface area contributed by atoms with Gasteiger partial charge in [0.15, 0.2) is 0 Å². The van der Waals surface area contributed by atoms with E-state index in [9.17, 15) is 9.59 Å². The fourth-order valence-corrected chi connectivity index (χ4v) is 2.86. The molecule has 80 valence electrons. The first-order valence-electron chi connectivity index (χ1n) is 5.42. The van der Waals surface area contributed by atoms with E-state index >= 15 is 0 Å². The molecule has 1 heterocycles. The number of rotatable bonds is 1. The summed E-state index contributed by atoms with van der Waals surface area (Å²) in [5, 5.41) is 0. The van der Waals surface area contributed by atoms with Crippen molar-refractivity contribution in [1.29, 1.82) is 0 Å². The van der Waals surface area contributed by atoms with Crippen LogP contribution in [0.2, 0.25) is 0 Å². The molecule has 0 aromatic rings. The molecule has 1 saturated carbocycles. The Morgan fingerprint density at radius 2 is 2.27 bits per heavy atom. The van der Waals surface area contributed by atoms with Crippen LogP contribution in [-0.2, 0) is 9.53 Å². The summed E-state index contributed by atoms with van der Waals surface area (Å²) in [5.41, 5.74) is 0. The lowest BCUT2D eigenvalue weighted by molar-refractivity contribution is -0.132. The molecule has 4 nitrogen and oxygen atoms in total. The number of amides is 2. The molecule has 2 aliphatic carbocycles. The minimum Gasteiger partial charge on any atom is -0.447 e. The Morgan fingerprint density at radius 3 is 2.80 bits per heavy atom. The lowest BCUT2D eigenvalue weighted by atomic mass is 9.92. The van der Waals surface area contributed by atoms with Crippen molar-refractivity contribution in [1.82, 2.24) is 4.90 Å². The smallest absolute Gasteiger partial charge is 0.416 e. The second kappa shape index (κ2) is 3.08. The molecule has 3 atom stereocenters. The second-order valence-corrected chi connectivity index (χ2v) is 4.49. The van der Waals surface area contributed by atoms with Gasteiger partial charge in [-0.2, -0.15) is 0 Å². The van der Waals surface area contributed by atoms with Crippen molar-refractivity contribution in [2.24, 2.45) is 17.8 Å². The number of hydrogen-bond donors (Lipinski definition) is 0. The van der Waals surface area contributed by atoms with Gasteiger partial charge in [-0.1, -0.05) is 12.2 Å². The van der Waals surface area contributed by atoms with E-state index in [2.05, 4.69) is 12.2 Å². The standard InChI is InChI=1S/C11H13NO3/c13-10(12-3-4-15-11(12)14)9-6-7-1-2-8(9)5-7/h1-2,7-9H,3-6H2/t7?,8?,9-/m1/s1. The summed E-state index contributed by atoms with van der Waals surface area (Å²) >= 11 is 0.